The van der Waals surface area contributed by atoms with Gasteiger partial charge in [0, 0.05) is 20.3 Å². The average molecular weight is 666 g/mol. The third kappa shape index (κ3) is 11.8. The van der Waals surface area contributed by atoms with Crippen LogP contribution in [0.4, 0.5) is 0 Å². The van der Waals surface area contributed by atoms with Crippen LogP contribution in [0, 0.1) is 0 Å². The zero-order valence-electron chi connectivity index (χ0n) is 27.7. The summed E-state index contributed by atoms with van der Waals surface area (Å²) in [6, 6.07) is 17.0. The van der Waals surface area contributed by atoms with Crippen LogP contribution in [-0.4, -0.2) is 81.1 Å². The molecule has 4 rings (SSSR count). The lowest BCUT2D eigenvalue weighted by Crippen LogP contribution is -2.41. The predicted octanol–water partition coefficient (Wildman–Crippen LogP) is 5.06. The number of carbonyl (C=O) groups excluding carboxylic acids is 3. The minimum Gasteiger partial charge on any atom is -0.497 e. The van der Waals surface area contributed by atoms with Crippen molar-refractivity contribution in [2.45, 2.75) is 76.7 Å². The van der Waals surface area contributed by atoms with E-state index in [0.29, 0.717) is 30.1 Å². The molecule has 0 N–H and O–H groups in total. The molecule has 2 heterocycles. The predicted molar refractivity (Wildman–Crippen MR) is 174 cm³/mol. The Morgan fingerprint density at radius 2 is 1.44 bits per heavy atom. The van der Waals surface area contributed by atoms with E-state index in [-0.39, 0.29) is 38.4 Å². The third-order valence-electron chi connectivity index (χ3n) is 7.42. The van der Waals surface area contributed by atoms with Gasteiger partial charge in [-0.15, -0.1) is 0 Å². The molecule has 48 heavy (non-hydrogen) atoms. The second-order valence-electron chi connectivity index (χ2n) is 11.3. The summed E-state index contributed by atoms with van der Waals surface area (Å²) < 4.78 is 39.6. The topological polar surface area (TPSA) is 137 Å². The van der Waals surface area contributed by atoms with Gasteiger partial charge in [-0.3, -0.25) is 14.4 Å². The smallest absolute Gasteiger partial charge is 0.306 e. The molecule has 2 aliphatic rings. The molecule has 0 amide bonds. The number of esters is 3. The molecule has 6 unspecified atom stereocenters. The van der Waals surface area contributed by atoms with Crippen LogP contribution in [0.3, 0.4) is 0 Å². The molecular weight excluding hydrogens is 622 g/mol. The van der Waals surface area contributed by atoms with E-state index in [9.17, 15) is 14.4 Å². The molecule has 0 radical (unpaired) electrons. The Kier molecular flexibility index (Phi) is 14.0. The molecule has 0 fully saturated rings. The molecule has 6 atom stereocenters. The first-order chi connectivity index (χ1) is 23.2. The van der Waals surface area contributed by atoms with Crippen LogP contribution in [0.25, 0.3) is 0 Å². The van der Waals surface area contributed by atoms with Crippen LogP contribution >= 0.6 is 0 Å². The minimum atomic E-state index is -0.655. The van der Waals surface area contributed by atoms with Gasteiger partial charge in [0.2, 0.25) is 0 Å². The fourth-order valence-corrected chi connectivity index (χ4v) is 4.95. The van der Waals surface area contributed by atoms with E-state index in [1.807, 2.05) is 66.7 Å². The zero-order chi connectivity index (χ0) is 34.3. The van der Waals surface area contributed by atoms with E-state index in [2.05, 4.69) is 5.16 Å². The van der Waals surface area contributed by atoms with Crippen LogP contribution in [0.15, 0.2) is 84.1 Å². The lowest BCUT2D eigenvalue weighted by Gasteiger charge is -2.32. The summed E-state index contributed by atoms with van der Waals surface area (Å²) in [6.45, 7) is 4.56. The highest BCUT2D eigenvalue weighted by Crippen LogP contribution is 2.29. The van der Waals surface area contributed by atoms with Crippen molar-refractivity contribution in [1.29, 1.82) is 0 Å². The molecule has 258 valence electrons. The molecule has 0 spiro atoms. The molecule has 2 aromatic carbocycles. The van der Waals surface area contributed by atoms with Gasteiger partial charge in [0.05, 0.1) is 25.3 Å². The summed E-state index contributed by atoms with van der Waals surface area (Å²) >= 11 is 0. The number of hydrogen-bond donors (Lipinski definition) is 0. The lowest BCUT2D eigenvalue weighted by atomic mass is 10.0. The maximum Gasteiger partial charge on any atom is 0.306 e. The maximum absolute atomic E-state index is 12.7. The normalized spacial score (nSPS) is 23.5. The van der Waals surface area contributed by atoms with E-state index in [4.69, 9.17) is 38.0 Å². The van der Waals surface area contributed by atoms with E-state index in [1.54, 1.807) is 26.2 Å². The van der Waals surface area contributed by atoms with Crippen molar-refractivity contribution in [1.82, 2.24) is 0 Å². The first-order valence-electron chi connectivity index (χ1n) is 15.8. The van der Waals surface area contributed by atoms with Crippen LogP contribution in [-0.2, 0) is 42.9 Å². The Labute approximate surface area is 280 Å². The highest BCUT2D eigenvalue weighted by molar-refractivity contribution is 5.85. The first-order valence-corrected chi connectivity index (χ1v) is 15.8. The summed E-state index contributed by atoms with van der Waals surface area (Å²) in [7, 11) is 1.60. The molecule has 0 aliphatic carbocycles. The first kappa shape index (κ1) is 36.2. The van der Waals surface area contributed by atoms with E-state index < -0.39 is 42.3 Å². The Bertz CT molecular complexity index is 1420. The molecule has 12 nitrogen and oxygen atoms in total. The van der Waals surface area contributed by atoms with Gasteiger partial charge in [-0.05, 0) is 55.3 Å². The third-order valence-corrected chi connectivity index (χ3v) is 7.42. The molecule has 2 aromatic rings. The van der Waals surface area contributed by atoms with Crippen molar-refractivity contribution >= 4 is 23.6 Å². The number of ether oxygens (including phenoxy) is 7. The maximum atomic E-state index is 12.7. The summed E-state index contributed by atoms with van der Waals surface area (Å²) in [5.41, 5.74) is 1.61. The SMILES string of the molecule is COc1ccc(OC2C=CC(c3ccccc3)OC2COC(=O)CCC(C)=NOCCC2C=CC(OC(C)=O)C(COC(C)=O)O2)cc1. The van der Waals surface area contributed by atoms with E-state index >= 15 is 0 Å². The van der Waals surface area contributed by atoms with Gasteiger partial charge in [0.15, 0.2) is 0 Å². The summed E-state index contributed by atoms with van der Waals surface area (Å²) in [5.74, 6) is 0.0328. The van der Waals surface area contributed by atoms with Crippen molar-refractivity contribution in [3.05, 3.63) is 84.5 Å². The molecule has 0 aromatic heterocycles. The van der Waals surface area contributed by atoms with E-state index in [0.717, 1.165) is 5.56 Å². The van der Waals surface area contributed by atoms with Crippen molar-refractivity contribution in [3.63, 3.8) is 0 Å². The highest BCUT2D eigenvalue weighted by atomic mass is 16.6. The number of oxime groups is 1. The molecule has 0 bridgehead atoms. The second-order valence-corrected chi connectivity index (χ2v) is 11.3. The fraction of sp³-hybridized carbons (Fsp3) is 0.444. The largest absolute Gasteiger partial charge is 0.497 e. The van der Waals surface area contributed by atoms with Gasteiger partial charge in [-0.2, -0.15) is 0 Å². The van der Waals surface area contributed by atoms with Crippen molar-refractivity contribution in [2.24, 2.45) is 5.16 Å². The van der Waals surface area contributed by atoms with Gasteiger partial charge in [-0.1, -0.05) is 47.6 Å². The number of benzene rings is 2. The number of carbonyl (C=O) groups is 3. The number of methoxy groups -OCH3 is 1. The standard InChI is InChI=1S/C36H43NO11/c1-24(37-44-21-20-30-15-16-32(45-26(3)39)34(47-30)22-42-25(2)38)10-19-36(40)43-23-35-33(46-29-13-11-28(41-4)12-14-29)18-17-31(48-35)27-8-6-5-7-9-27/h5-9,11-18,30-35H,10,19-23H2,1-4H3. The zero-order valence-corrected chi connectivity index (χ0v) is 27.7. The average Bonchev–Trinajstić information content (AvgIpc) is 3.09. The molecule has 0 saturated carbocycles. The van der Waals surface area contributed by atoms with Gasteiger partial charge in [0.25, 0.3) is 0 Å². The highest BCUT2D eigenvalue weighted by Gasteiger charge is 2.32. The summed E-state index contributed by atoms with van der Waals surface area (Å²) in [6.07, 6.45) is 5.32. The van der Waals surface area contributed by atoms with Crippen LogP contribution in [0.2, 0.25) is 0 Å². The molecule has 2 aliphatic heterocycles. The Hall–Kier alpha value is -4.68. The molecule has 12 heteroatoms. The van der Waals surface area contributed by atoms with Crippen LogP contribution in [0.5, 0.6) is 11.5 Å². The molecular formula is C36H43NO11. The number of hydrogen-bond acceptors (Lipinski definition) is 12. The van der Waals surface area contributed by atoms with Gasteiger partial charge in [0.1, 0.15) is 61.8 Å². The Morgan fingerprint density at radius 1 is 0.750 bits per heavy atom. The number of nitrogens with zero attached hydrogens (tertiary/aromatic N) is 1. The van der Waals surface area contributed by atoms with Crippen molar-refractivity contribution in [3.8, 4) is 11.5 Å². The van der Waals surface area contributed by atoms with Gasteiger partial charge < -0.3 is 38.0 Å². The fourth-order valence-electron chi connectivity index (χ4n) is 4.95. The monoisotopic (exact) mass is 665 g/mol. The Balaban J connectivity index is 1.22. The number of rotatable bonds is 16. The van der Waals surface area contributed by atoms with Gasteiger partial charge >= 0.3 is 17.9 Å². The van der Waals surface area contributed by atoms with E-state index in [1.165, 1.54) is 13.8 Å². The molecule has 0 saturated heterocycles. The van der Waals surface area contributed by atoms with Crippen LogP contribution in [0.1, 0.15) is 51.7 Å². The quantitative estimate of drug-likeness (QED) is 0.0594. The van der Waals surface area contributed by atoms with Crippen LogP contribution < -0.4 is 9.47 Å². The summed E-state index contributed by atoms with van der Waals surface area (Å²) in [5, 5.41) is 4.11. The second kappa shape index (κ2) is 18.6. The van der Waals surface area contributed by atoms with Crippen molar-refractivity contribution in [2.75, 3.05) is 26.9 Å². The lowest BCUT2D eigenvalue weighted by molar-refractivity contribution is -0.164. The summed E-state index contributed by atoms with van der Waals surface area (Å²) in [4.78, 5) is 40.8. The Morgan fingerprint density at radius 3 is 2.15 bits per heavy atom. The minimum absolute atomic E-state index is 0.00564. The van der Waals surface area contributed by atoms with Gasteiger partial charge in [-0.25, -0.2) is 0 Å². The van der Waals surface area contributed by atoms with Crippen molar-refractivity contribution < 1.29 is 52.4 Å².